The van der Waals surface area contributed by atoms with Crippen molar-refractivity contribution in [3.05, 3.63) is 16.1 Å². The molecule has 1 aromatic rings. The SMILES string of the molecule is Cc1ncsc1CN(C)C(=O)NC1(CC(=O)O)CCC1. The highest BCUT2D eigenvalue weighted by Gasteiger charge is 2.40. The van der Waals surface area contributed by atoms with Gasteiger partial charge in [0.25, 0.3) is 0 Å². The molecule has 2 rings (SSSR count). The van der Waals surface area contributed by atoms with Crippen molar-refractivity contribution in [2.24, 2.45) is 0 Å². The van der Waals surface area contributed by atoms with Crippen LogP contribution in [-0.2, 0) is 11.3 Å². The van der Waals surface area contributed by atoms with Gasteiger partial charge in [0.05, 0.1) is 29.7 Å². The number of aryl methyl sites for hydroxylation is 1. The molecule has 7 heteroatoms. The number of carbonyl (C=O) groups is 2. The summed E-state index contributed by atoms with van der Waals surface area (Å²) in [5, 5.41) is 11.8. The summed E-state index contributed by atoms with van der Waals surface area (Å²) in [5.41, 5.74) is 2.13. The molecule has 0 unspecified atom stereocenters. The molecule has 0 spiro atoms. The second kappa shape index (κ2) is 5.78. The number of amides is 2. The van der Waals surface area contributed by atoms with Crippen molar-refractivity contribution in [3.8, 4) is 0 Å². The van der Waals surface area contributed by atoms with Crippen molar-refractivity contribution in [1.82, 2.24) is 15.2 Å². The topological polar surface area (TPSA) is 82.5 Å². The average molecular weight is 297 g/mol. The van der Waals surface area contributed by atoms with Gasteiger partial charge in [-0.3, -0.25) is 4.79 Å². The maximum Gasteiger partial charge on any atom is 0.317 e. The van der Waals surface area contributed by atoms with Crippen molar-refractivity contribution in [2.45, 2.75) is 44.7 Å². The third-order valence-corrected chi connectivity index (χ3v) is 4.66. The van der Waals surface area contributed by atoms with Crippen molar-refractivity contribution in [2.75, 3.05) is 7.05 Å². The zero-order chi connectivity index (χ0) is 14.8. The number of urea groups is 1. The van der Waals surface area contributed by atoms with E-state index in [0.717, 1.165) is 29.8 Å². The van der Waals surface area contributed by atoms with E-state index in [1.165, 1.54) is 11.3 Å². The number of carboxylic acids is 1. The maximum atomic E-state index is 12.2. The lowest BCUT2D eigenvalue weighted by atomic mass is 9.74. The standard InChI is InChI=1S/C13H19N3O3S/c1-9-10(20-8-14-9)7-16(2)12(19)15-13(4-3-5-13)6-11(17)18/h8H,3-7H2,1-2H3,(H,15,19)(H,17,18). The van der Waals surface area contributed by atoms with Crippen LogP contribution >= 0.6 is 11.3 Å². The third kappa shape index (κ3) is 3.27. The van der Waals surface area contributed by atoms with Crippen molar-refractivity contribution in [1.29, 1.82) is 0 Å². The molecule has 1 saturated carbocycles. The van der Waals surface area contributed by atoms with Gasteiger partial charge in [-0.1, -0.05) is 0 Å². The number of thiazole rings is 1. The van der Waals surface area contributed by atoms with Crippen LogP contribution in [-0.4, -0.2) is 39.6 Å². The van der Waals surface area contributed by atoms with E-state index < -0.39 is 11.5 Å². The highest BCUT2D eigenvalue weighted by Crippen LogP contribution is 2.35. The van der Waals surface area contributed by atoms with Crippen molar-refractivity contribution >= 4 is 23.3 Å². The van der Waals surface area contributed by atoms with Crippen LogP contribution < -0.4 is 5.32 Å². The van der Waals surface area contributed by atoms with Crippen LogP contribution in [0.5, 0.6) is 0 Å². The number of hydrogen-bond donors (Lipinski definition) is 2. The minimum Gasteiger partial charge on any atom is -0.481 e. The maximum absolute atomic E-state index is 12.2. The van der Waals surface area contributed by atoms with Crippen LogP contribution in [0.4, 0.5) is 4.79 Å². The Bertz CT molecular complexity index is 511. The second-order valence-electron chi connectivity index (χ2n) is 5.35. The summed E-state index contributed by atoms with van der Waals surface area (Å²) in [4.78, 5) is 29.8. The molecular weight excluding hydrogens is 278 g/mol. The van der Waals surface area contributed by atoms with E-state index in [4.69, 9.17) is 5.11 Å². The largest absolute Gasteiger partial charge is 0.481 e. The van der Waals surface area contributed by atoms with Gasteiger partial charge in [0.1, 0.15) is 0 Å². The lowest BCUT2D eigenvalue weighted by Gasteiger charge is -2.42. The summed E-state index contributed by atoms with van der Waals surface area (Å²) < 4.78 is 0. The van der Waals surface area contributed by atoms with Gasteiger partial charge in [0, 0.05) is 11.9 Å². The fraction of sp³-hybridized carbons (Fsp3) is 0.615. The van der Waals surface area contributed by atoms with Gasteiger partial charge in [-0.25, -0.2) is 9.78 Å². The molecule has 20 heavy (non-hydrogen) atoms. The van der Waals surface area contributed by atoms with Crippen LogP contribution in [0.3, 0.4) is 0 Å². The van der Waals surface area contributed by atoms with E-state index in [2.05, 4.69) is 10.3 Å². The molecule has 2 N–H and O–H groups in total. The Morgan fingerprint density at radius 2 is 2.25 bits per heavy atom. The van der Waals surface area contributed by atoms with E-state index in [9.17, 15) is 9.59 Å². The molecule has 0 atom stereocenters. The van der Waals surface area contributed by atoms with Gasteiger partial charge in [0.2, 0.25) is 0 Å². The number of nitrogens with one attached hydrogen (secondary N) is 1. The van der Waals surface area contributed by atoms with Crippen LogP contribution in [0, 0.1) is 6.92 Å². The fourth-order valence-corrected chi connectivity index (χ4v) is 3.16. The van der Waals surface area contributed by atoms with E-state index in [-0.39, 0.29) is 12.5 Å². The van der Waals surface area contributed by atoms with Gasteiger partial charge in [0.15, 0.2) is 0 Å². The summed E-state index contributed by atoms with van der Waals surface area (Å²) in [6.07, 6.45) is 2.42. The molecule has 0 aromatic carbocycles. The first-order valence-electron chi connectivity index (χ1n) is 6.56. The number of aromatic nitrogens is 1. The Labute approximate surface area is 121 Å². The quantitative estimate of drug-likeness (QED) is 0.870. The smallest absolute Gasteiger partial charge is 0.317 e. The van der Waals surface area contributed by atoms with Gasteiger partial charge < -0.3 is 15.3 Å². The Hall–Kier alpha value is -1.63. The highest BCUT2D eigenvalue weighted by molar-refractivity contribution is 7.09. The van der Waals surface area contributed by atoms with Gasteiger partial charge in [-0.15, -0.1) is 11.3 Å². The first kappa shape index (κ1) is 14.8. The second-order valence-corrected chi connectivity index (χ2v) is 6.29. The number of rotatable bonds is 5. The Balaban J connectivity index is 1.93. The predicted molar refractivity (Wildman–Crippen MR) is 75.7 cm³/mol. The van der Waals surface area contributed by atoms with Crippen molar-refractivity contribution in [3.63, 3.8) is 0 Å². The van der Waals surface area contributed by atoms with Gasteiger partial charge >= 0.3 is 12.0 Å². The van der Waals surface area contributed by atoms with E-state index in [0.29, 0.717) is 6.54 Å². The molecule has 2 amide bonds. The van der Waals surface area contributed by atoms with Crippen LogP contribution in [0.15, 0.2) is 5.51 Å². The number of hydrogen-bond acceptors (Lipinski definition) is 4. The predicted octanol–water partition coefficient (Wildman–Crippen LogP) is 1.99. The molecule has 110 valence electrons. The molecule has 1 heterocycles. The summed E-state index contributed by atoms with van der Waals surface area (Å²) in [7, 11) is 1.71. The lowest BCUT2D eigenvalue weighted by molar-refractivity contribution is -0.139. The van der Waals surface area contributed by atoms with Gasteiger partial charge in [-0.05, 0) is 26.2 Å². The number of carbonyl (C=O) groups excluding carboxylic acids is 1. The van der Waals surface area contributed by atoms with Gasteiger partial charge in [-0.2, -0.15) is 0 Å². The van der Waals surface area contributed by atoms with E-state index in [1.807, 2.05) is 6.92 Å². The average Bonchev–Trinajstić information content (AvgIpc) is 2.71. The number of aliphatic carboxylic acids is 1. The van der Waals surface area contributed by atoms with Crippen molar-refractivity contribution < 1.29 is 14.7 Å². The molecule has 0 saturated heterocycles. The minimum absolute atomic E-state index is 0.00777. The summed E-state index contributed by atoms with van der Waals surface area (Å²) in [6.45, 7) is 2.40. The molecule has 0 radical (unpaired) electrons. The molecule has 0 aliphatic heterocycles. The Kier molecular flexibility index (Phi) is 4.27. The molecule has 1 aromatic heterocycles. The highest BCUT2D eigenvalue weighted by atomic mass is 32.1. The Morgan fingerprint density at radius 1 is 1.55 bits per heavy atom. The normalized spacial score (nSPS) is 16.3. The lowest BCUT2D eigenvalue weighted by Crippen LogP contribution is -2.57. The van der Waals surface area contributed by atoms with E-state index >= 15 is 0 Å². The first-order valence-corrected chi connectivity index (χ1v) is 7.44. The van der Waals surface area contributed by atoms with E-state index in [1.54, 1.807) is 17.5 Å². The van der Waals surface area contributed by atoms with Crippen LogP contribution in [0.2, 0.25) is 0 Å². The zero-order valence-electron chi connectivity index (χ0n) is 11.7. The number of carboxylic acid groups (broad SMARTS) is 1. The van der Waals surface area contributed by atoms with Crippen LogP contribution in [0.1, 0.15) is 36.3 Å². The summed E-state index contributed by atoms with van der Waals surface area (Å²) >= 11 is 1.52. The summed E-state index contributed by atoms with van der Waals surface area (Å²) in [6, 6.07) is -0.223. The zero-order valence-corrected chi connectivity index (χ0v) is 12.5. The molecule has 1 aliphatic rings. The third-order valence-electron chi connectivity index (χ3n) is 3.74. The first-order chi connectivity index (χ1) is 9.42. The summed E-state index contributed by atoms with van der Waals surface area (Å²) in [5.74, 6) is -0.869. The molecule has 6 nitrogen and oxygen atoms in total. The fourth-order valence-electron chi connectivity index (χ4n) is 2.33. The molecule has 1 fully saturated rings. The molecule has 0 bridgehead atoms. The van der Waals surface area contributed by atoms with Crippen LogP contribution in [0.25, 0.3) is 0 Å². The monoisotopic (exact) mass is 297 g/mol. The molecular formula is C13H19N3O3S. The molecule has 1 aliphatic carbocycles. The Morgan fingerprint density at radius 3 is 2.70 bits per heavy atom. The number of nitrogens with zero attached hydrogens (tertiary/aromatic N) is 2. The minimum atomic E-state index is -0.869.